The Kier molecular flexibility index (Phi) is 3.52. The highest BCUT2D eigenvalue weighted by Crippen LogP contribution is 2.37. The van der Waals surface area contributed by atoms with Crippen molar-refractivity contribution in [3.05, 3.63) is 34.9 Å². The lowest BCUT2D eigenvalue weighted by Gasteiger charge is -2.37. The molecule has 4 heteroatoms. The second kappa shape index (κ2) is 5.19. The van der Waals surface area contributed by atoms with E-state index in [1.165, 1.54) is 18.4 Å². The van der Waals surface area contributed by atoms with Crippen molar-refractivity contribution in [2.75, 3.05) is 0 Å². The van der Waals surface area contributed by atoms with Gasteiger partial charge >= 0.3 is 0 Å². The zero-order chi connectivity index (χ0) is 14.3. The van der Waals surface area contributed by atoms with Gasteiger partial charge in [0, 0.05) is 24.2 Å². The molecule has 108 valence electrons. The number of nitrogens with zero attached hydrogens (tertiary/aromatic N) is 1. The highest BCUT2D eigenvalue weighted by molar-refractivity contribution is 5.93. The molecule has 3 rings (SSSR count). The molecule has 20 heavy (non-hydrogen) atoms. The van der Waals surface area contributed by atoms with E-state index in [1.54, 1.807) is 0 Å². The van der Waals surface area contributed by atoms with Crippen LogP contribution in [0.3, 0.4) is 0 Å². The minimum absolute atomic E-state index is 0.123. The number of carbonyl (C=O) groups is 1. The van der Waals surface area contributed by atoms with Crippen molar-refractivity contribution in [2.24, 2.45) is 5.73 Å². The fourth-order valence-corrected chi connectivity index (χ4v) is 3.73. The van der Waals surface area contributed by atoms with Gasteiger partial charge in [0.05, 0.1) is 6.10 Å². The molecule has 0 saturated carbocycles. The van der Waals surface area contributed by atoms with Crippen LogP contribution in [0.5, 0.6) is 0 Å². The molecule has 2 bridgehead atoms. The van der Waals surface area contributed by atoms with Gasteiger partial charge in [0.25, 0.3) is 0 Å². The van der Waals surface area contributed by atoms with E-state index in [2.05, 4.69) is 4.90 Å². The van der Waals surface area contributed by atoms with Gasteiger partial charge in [-0.1, -0.05) is 6.07 Å². The number of aliphatic hydroxyl groups is 1. The van der Waals surface area contributed by atoms with Gasteiger partial charge in [-0.15, -0.1) is 0 Å². The van der Waals surface area contributed by atoms with E-state index in [4.69, 9.17) is 5.73 Å². The molecule has 1 amide bonds. The summed E-state index contributed by atoms with van der Waals surface area (Å²) in [5.41, 5.74) is 8.25. The van der Waals surface area contributed by atoms with Gasteiger partial charge in [0.15, 0.2) is 0 Å². The van der Waals surface area contributed by atoms with Crippen molar-refractivity contribution in [3.8, 4) is 0 Å². The minimum atomic E-state index is -0.374. The predicted molar refractivity (Wildman–Crippen MR) is 77.3 cm³/mol. The highest BCUT2D eigenvalue weighted by Gasteiger charge is 2.39. The van der Waals surface area contributed by atoms with Crippen LogP contribution in [0.1, 0.15) is 47.2 Å². The summed E-state index contributed by atoms with van der Waals surface area (Å²) in [5, 5.41) is 9.85. The molecule has 3 N–H and O–H groups in total. The first-order valence-electron chi connectivity index (χ1n) is 7.37. The number of fused-ring (bicyclic) bond motifs is 2. The van der Waals surface area contributed by atoms with Crippen molar-refractivity contribution >= 4 is 5.91 Å². The Hall–Kier alpha value is -1.39. The second-order valence-electron chi connectivity index (χ2n) is 6.19. The summed E-state index contributed by atoms with van der Waals surface area (Å²) in [5.74, 6) is -0.374. The van der Waals surface area contributed by atoms with Crippen LogP contribution in [0.4, 0.5) is 0 Å². The van der Waals surface area contributed by atoms with Gasteiger partial charge in [-0.2, -0.15) is 0 Å². The van der Waals surface area contributed by atoms with Crippen LogP contribution in [-0.4, -0.2) is 34.1 Å². The lowest BCUT2D eigenvalue weighted by atomic mass is 9.97. The predicted octanol–water partition coefficient (Wildman–Crippen LogP) is 1.58. The number of aryl methyl sites for hydroxylation is 1. The van der Waals surface area contributed by atoms with Crippen LogP contribution in [-0.2, 0) is 6.54 Å². The smallest absolute Gasteiger partial charge is 0.248 e. The third-order valence-electron chi connectivity index (χ3n) is 4.84. The number of carbonyl (C=O) groups excluding carboxylic acids is 1. The Labute approximate surface area is 119 Å². The van der Waals surface area contributed by atoms with E-state index in [9.17, 15) is 9.90 Å². The summed E-state index contributed by atoms with van der Waals surface area (Å²) < 4.78 is 0. The van der Waals surface area contributed by atoms with Crippen LogP contribution in [0.25, 0.3) is 0 Å². The summed E-state index contributed by atoms with van der Waals surface area (Å²) in [4.78, 5) is 13.7. The number of piperidine rings is 1. The van der Waals surface area contributed by atoms with Crippen LogP contribution in [0.15, 0.2) is 18.2 Å². The van der Waals surface area contributed by atoms with Crippen LogP contribution >= 0.6 is 0 Å². The maximum atomic E-state index is 11.2. The standard InChI is InChI=1S/C16H22N2O2/c1-10-6-11(16(17)20)2-3-12(10)9-18-13-4-5-14(18)8-15(19)7-13/h2-3,6,13-15,19H,4-5,7-9H2,1H3,(H2,17,20). The third-order valence-corrected chi connectivity index (χ3v) is 4.84. The first-order chi connectivity index (χ1) is 9.54. The highest BCUT2D eigenvalue weighted by atomic mass is 16.3. The van der Waals surface area contributed by atoms with E-state index >= 15 is 0 Å². The number of hydrogen-bond donors (Lipinski definition) is 2. The topological polar surface area (TPSA) is 66.6 Å². The number of aliphatic hydroxyl groups excluding tert-OH is 1. The largest absolute Gasteiger partial charge is 0.393 e. The van der Waals surface area contributed by atoms with Gasteiger partial charge in [0.1, 0.15) is 0 Å². The molecule has 1 aromatic rings. The van der Waals surface area contributed by atoms with Crippen LogP contribution in [0, 0.1) is 6.92 Å². The first-order valence-corrected chi connectivity index (χ1v) is 7.37. The Morgan fingerprint density at radius 1 is 1.35 bits per heavy atom. The van der Waals surface area contributed by atoms with Crippen molar-refractivity contribution in [2.45, 2.75) is 57.3 Å². The monoisotopic (exact) mass is 274 g/mol. The average molecular weight is 274 g/mol. The Bertz CT molecular complexity index is 515. The maximum absolute atomic E-state index is 11.2. The average Bonchev–Trinajstić information content (AvgIpc) is 2.63. The van der Waals surface area contributed by atoms with Gasteiger partial charge in [-0.3, -0.25) is 9.69 Å². The molecular weight excluding hydrogens is 252 g/mol. The summed E-state index contributed by atoms with van der Waals surface area (Å²) in [6.07, 6.45) is 4.06. The lowest BCUT2D eigenvalue weighted by Crippen LogP contribution is -2.44. The Balaban J connectivity index is 1.77. The van der Waals surface area contributed by atoms with Gasteiger partial charge < -0.3 is 10.8 Å². The van der Waals surface area contributed by atoms with E-state index in [1.807, 2.05) is 25.1 Å². The molecule has 1 aromatic carbocycles. The van der Waals surface area contributed by atoms with E-state index < -0.39 is 0 Å². The number of amides is 1. The Morgan fingerprint density at radius 3 is 2.55 bits per heavy atom. The molecule has 2 heterocycles. The molecule has 2 atom stereocenters. The molecule has 0 aromatic heterocycles. The zero-order valence-corrected chi connectivity index (χ0v) is 11.9. The summed E-state index contributed by atoms with van der Waals surface area (Å²) in [6, 6.07) is 6.72. The summed E-state index contributed by atoms with van der Waals surface area (Å²) in [7, 11) is 0. The van der Waals surface area contributed by atoms with Crippen molar-refractivity contribution in [1.29, 1.82) is 0 Å². The molecule has 2 saturated heterocycles. The summed E-state index contributed by atoms with van der Waals surface area (Å²) in [6.45, 7) is 2.94. The van der Waals surface area contributed by atoms with Gasteiger partial charge in [-0.05, 0) is 55.9 Å². The van der Waals surface area contributed by atoms with Crippen LogP contribution < -0.4 is 5.73 Å². The Morgan fingerprint density at radius 2 is 2.00 bits per heavy atom. The maximum Gasteiger partial charge on any atom is 0.248 e. The molecule has 2 fully saturated rings. The zero-order valence-electron chi connectivity index (χ0n) is 11.9. The molecule has 0 radical (unpaired) electrons. The van der Waals surface area contributed by atoms with Crippen molar-refractivity contribution < 1.29 is 9.90 Å². The normalized spacial score (nSPS) is 29.6. The van der Waals surface area contributed by atoms with Gasteiger partial charge in [0.2, 0.25) is 5.91 Å². The van der Waals surface area contributed by atoms with Crippen molar-refractivity contribution in [1.82, 2.24) is 4.90 Å². The number of hydrogen-bond acceptors (Lipinski definition) is 3. The molecule has 4 nitrogen and oxygen atoms in total. The number of primary amides is 1. The minimum Gasteiger partial charge on any atom is -0.393 e. The van der Waals surface area contributed by atoms with Gasteiger partial charge in [-0.25, -0.2) is 0 Å². The molecular formula is C16H22N2O2. The quantitative estimate of drug-likeness (QED) is 0.879. The third kappa shape index (κ3) is 2.45. The SMILES string of the molecule is Cc1cc(C(N)=O)ccc1CN1C2CCC1CC(O)C2. The molecule has 2 unspecified atom stereocenters. The van der Waals surface area contributed by atoms with Crippen LogP contribution in [0.2, 0.25) is 0 Å². The molecule has 2 aliphatic heterocycles. The molecule has 0 aliphatic carbocycles. The first kappa shape index (κ1) is 13.6. The van der Waals surface area contributed by atoms with E-state index in [0.29, 0.717) is 17.6 Å². The fraction of sp³-hybridized carbons (Fsp3) is 0.562. The molecule has 0 spiro atoms. The summed E-state index contributed by atoms with van der Waals surface area (Å²) >= 11 is 0. The van der Waals surface area contributed by atoms with E-state index in [-0.39, 0.29) is 12.0 Å². The van der Waals surface area contributed by atoms with Crippen molar-refractivity contribution in [3.63, 3.8) is 0 Å². The number of nitrogens with two attached hydrogens (primary N) is 1. The molecule has 2 aliphatic rings. The lowest BCUT2D eigenvalue weighted by molar-refractivity contribution is 0.0309. The fourth-order valence-electron chi connectivity index (χ4n) is 3.73. The second-order valence-corrected chi connectivity index (χ2v) is 6.19. The number of rotatable bonds is 3. The van der Waals surface area contributed by atoms with E-state index in [0.717, 1.165) is 24.9 Å². The number of benzene rings is 1.